The third-order valence-corrected chi connectivity index (χ3v) is 2.84. The van der Waals surface area contributed by atoms with Crippen molar-refractivity contribution in [3.05, 3.63) is 36.3 Å². The molecule has 0 fully saturated rings. The molecule has 1 aromatic heterocycles. The highest BCUT2D eigenvalue weighted by Crippen LogP contribution is 2.19. The second-order valence-electron chi connectivity index (χ2n) is 5.09. The van der Waals surface area contributed by atoms with Crippen molar-refractivity contribution in [2.24, 2.45) is 5.92 Å². The van der Waals surface area contributed by atoms with Crippen LogP contribution in [0.25, 0.3) is 0 Å². The van der Waals surface area contributed by atoms with Gasteiger partial charge in [-0.05, 0) is 18.5 Å². The molecule has 0 atom stereocenters. The van der Waals surface area contributed by atoms with Crippen molar-refractivity contribution in [2.75, 3.05) is 31.1 Å². The van der Waals surface area contributed by atoms with Crippen LogP contribution < -0.4 is 10.2 Å². The van der Waals surface area contributed by atoms with Gasteiger partial charge in [0.25, 0.3) is 0 Å². The molecule has 0 aliphatic rings. The number of nitrogens with one attached hydrogen (secondary N) is 1. The topological polar surface area (TPSA) is 48.4 Å². The Morgan fingerprint density at radius 3 is 2.90 bits per heavy atom. The number of aromatic nitrogens is 1. The highest BCUT2D eigenvalue weighted by Gasteiger charge is 2.15. The minimum Gasteiger partial charge on any atom is -0.395 e. The largest absolute Gasteiger partial charge is 0.395 e. The van der Waals surface area contributed by atoms with Crippen LogP contribution in [-0.2, 0) is 6.54 Å². The average molecular weight is 281 g/mol. The molecule has 0 radical (unpaired) electrons. The van der Waals surface area contributed by atoms with Crippen molar-refractivity contribution in [1.82, 2.24) is 10.3 Å². The molecule has 0 saturated heterocycles. The fourth-order valence-electron chi connectivity index (χ4n) is 1.88. The molecule has 0 aliphatic carbocycles. The number of nitrogens with zero attached hydrogens (tertiary/aromatic N) is 2. The van der Waals surface area contributed by atoms with E-state index in [0.29, 0.717) is 31.1 Å². The molecule has 2 N–H and O–H groups in total. The number of aliphatic hydroxyl groups is 1. The van der Waals surface area contributed by atoms with E-state index in [2.05, 4.69) is 30.7 Å². The van der Waals surface area contributed by atoms with Gasteiger partial charge in [0.05, 0.1) is 6.61 Å². The maximum atomic E-state index is 14.4. The van der Waals surface area contributed by atoms with Crippen molar-refractivity contribution < 1.29 is 9.50 Å². The Morgan fingerprint density at radius 2 is 2.30 bits per heavy atom. The highest BCUT2D eigenvalue weighted by molar-refractivity contribution is 5.43. The first-order valence-corrected chi connectivity index (χ1v) is 6.91. The standard InChI is InChI=1S/C15H24FN3O/c1-4-7-19(8-9-20)15-14(16)13(5-6-18-15)11-17-10-12(2)3/h4-6,12,17,20H,1,7-11H2,2-3H3. The lowest BCUT2D eigenvalue weighted by Crippen LogP contribution is -2.29. The maximum Gasteiger partial charge on any atom is 0.170 e. The molecule has 0 saturated carbocycles. The van der Waals surface area contributed by atoms with Gasteiger partial charge >= 0.3 is 0 Å². The number of aliphatic hydroxyl groups excluding tert-OH is 1. The zero-order valence-corrected chi connectivity index (χ0v) is 12.3. The van der Waals surface area contributed by atoms with Crippen LogP contribution in [0.4, 0.5) is 10.2 Å². The molecule has 0 amide bonds. The summed E-state index contributed by atoms with van der Waals surface area (Å²) in [6, 6.07) is 1.68. The lowest BCUT2D eigenvalue weighted by molar-refractivity contribution is 0.302. The van der Waals surface area contributed by atoms with Crippen molar-refractivity contribution in [3.8, 4) is 0 Å². The molecule has 1 heterocycles. The molecule has 1 rings (SSSR count). The Labute approximate surface area is 120 Å². The van der Waals surface area contributed by atoms with Gasteiger partial charge in [0.1, 0.15) is 0 Å². The molecule has 0 bridgehead atoms. The predicted molar refractivity (Wildman–Crippen MR) is 80.2 cm³/mol. The summed E-state index contributed by atoms with van der Waals surface area (Å²) in [5, 5.41) is 12.3. The van der Waals surface area contributed by atoms with E-state index in [1.165, 1.54) is 0 Å². The molecule has 0 aromatic carbocycles. The summed E-state index contributed by atoms with van der Waals surface area (Å²) < 4.78 is 14.4. The van der Waals surface area contributed by atoms with E-state index in [4.69, 9.17) is 5.11 Å². The van der Waals surface area contributed by atoms with Crippen LogP contribution in [0.5, 0.6) is 0 Å². The molecule has 0 spiro atoms. The Balaban J connectivity index is 2.83. The lowest BCUT2D eigenvalue weighted by Gasteiger charge is -2.22. The van der Waals surface area contributed by atoms with Crippen LogP contribution in [0, 0.1) is 11.7 Å². The van der Waals surface area contributed by atoms with Gasteiger partial charge < -0.3 is 15.3 Å². The van der Waals surface area contributed by atoms with Gasteiger partial charge in [-0.25, -0.2) is 9.37 Å². The zero-order valence-electron chi connectivity index (χ0n) is 12.3. The normalized spacial score (nSPS) is 10.8. The molecule has 4 nitrogen and oxygen atoms in total. The smallest absolute Gasteiger partial charge is 0.170 e. The summed E-state index contributed by atoms with van der Waals surface area (Å²) in [7, 11) is 0. The quantitative estimate of drug-likeness (QED) is 0.679. The predicted octanol–water partition coefficient (Wildman–Crippen LogP) is 1.95. The van der Waals surface area contributed by atoms with Crippen LogP contribution in [0.2, 0.25) is 0 Å². The molecule has 0 unspecified atom stereocenters. The number of rotatable bonds is 9. The Kier molecular flexibility index (Phi) is 7.18. The SMILES string of the molecule is C=CCN(CCO)c1nccc(CNCC(C)C)c1F. The van der Waals surface area contributed by atoms with Gasteiger partial charge in [-0.2, -0.15) is 0 Å². The van der Waals surface area contributed by atoms with Crippen LogP contribution in [0.1, 0.15) is 19.4 Å². The molecule has 112 valence electrons. The van der Waals surface area contributed by atoms with Gasteiger partial charge in [0, 0.05) is 31.4 Å². The van der Waals surface area contributed by atoms with E-state index in [1.54, 1.807) is 23.2 Å². The number of halogens is 1. The second-order valence-corrected chi connectivity index (χ2v) is 5.09. The third-order valence-electron chi connectivity index (χ3n) is 2.84. The van der Waals surface area contributed by atoms with E-state index in [1.807, 2.05) is 0 Å². The Hall–Kier alpha value is -1.46. The minimum absolute atomic E-state index is 0.0508. The molecule has 20 heavy (non-hydrogen) atoms. The molecule has 1 aromatic rings. The Bertz CT molecular complexity index is 424. The fourth-order valence-corrected chi connectivity index (χ4v) is 1.88. The summed E-state index contributed by atoms with van der Waals surface area (Å²) in [4.78, 5) is 5.76. The van der Waals surface area contributed by atoms with Gasteiger partial charge in [-0.3, -0.25) is 0 Å². The van der Waals surface area contributed by atoms with Crippen molar-refractivity contribution in [3.63, 3.8) is 0 Å². The van der Waals surface area contributed by atoms with Crippen LogP contribution in [0.15, 0.2) is 24.9 Å². The summed E-state index contributed by atoms with van der Waals surface area (Å²) >= 11 is 0. The summed E-state index contributed by atoms with van der Waals surface area (Å²) in [5.41, 5.74) is 0.586. The number of anilines is 1. The summed E-state index contributed by atoms with van der Waals surface area (Å²) in [5.74, 6) is 0.452. The first-order chi connectivity index (χ1) is 9.60. The lowest BCUT2D eigenvalue weighted by atomic mass is 10.2. The van der Waals surface area contributed by atoms with Crippen molar-refractivity contribution in [2.45, 2.75) is 20.4 Å². The monoisotopic (exact) mass is 281 g/mol. The molecular weight excluding hydrogens is 257 g/mol. The second kappa shape index (κ2) is 8.66. The highest BCUT2D eigenvalue weighted by atomic mass is 19.1. The van der Waals surface area contributed by atoms with Crippen LogP contribution in [-0.4, -0.2) is 36.3 Å². The van der Waals surface area contributed by atoms with Gasteiger partial charge in [-0.15, -0.1) is 6.58 Å². The number of hydrogen-bond donors (Lipinski definition) is 2. The third kappa shape index (κ3) is 4.90. The Morgan fingerprint density at radius 1 is 1.55 bits per heavy atom. The molecular formula is C15H24FN3O. The van der Waals surface area contributed by atoms with Crippen LogP contribution >= 0.6 is 0 Å². The van der Waals surface area contributed by atoms with E-state index < -0.39 is 0 Å². The number of hydrogen-bond acceptors (Lipinski definition) is 4. The van der Waals surface area contributed by atoms with E-state index >= 15 is 0 Å². The van der Waals surface area contributed by atoms with Crippen LogP contribution in [0.3, 0.4) is 0 Å². The summed E-state index contributed by atoms with van der Waals surface area (Å²) in [6.07, 6.45) is 3.26. The average Bonchev–Trinajstić information content (AvgIpc) is 2.40. The van der Waals surface area contributed by atoms with E-state index in [0.717, 1.165) is 6.54 Å². The van der Waals surface area contributed by atoms with Gasteiger partial charge in [0.15, 0.2) is 11.6 Å². The molecule has 0 aliphatic heterocycles. The first kappa shape index (κ1) is 16.6. The minimum atomic E-state index is -0.334. The van der Waals surface area contributed by atoms with Crippen molar-refractivity contribution >= 4 is 5.82 Å². The van der Waals surface area contributed by atoms with Crippen molar-refractivity contribution in [1.29, 1.82) is 0 Å². The van der Waals surface area contributed by atoms with Gasteiger partial charge in [0.2, 0.25) is 0 Å². The van der Waals surface area contributed by atoms with E-state index in [9.17, 15) is 4.39 Å². The number of pyridine rings is 1. The molecule has 5 heteroatoms. The fraction of sp³-hybridized carbons (Fsp3) is 0.533. The van der Waals surface area contributed by atoms with Gasteiger partial charge in [-0.1, -0.05) is 19.9 Å². The first-order valence-electron chi connectivity index (χ1n) is 6.91. The summed E-state index contributed by atoms with van der Waals surface area (Å²) in [6.45, 7) is 9.90. The maximum absolute atomic E-state index is 14.4. The zero-order chi connectivity index (χ0) is 15.0. The van der Waals surface area contributed by atoms with E-state index in [-0.39, 0.29) is 18.2 Å².